The summed E-state index contributed by atoms with van der Waals surface area (Å²) in [6, 6.07) is 8.75. The molecule has 19 heavy (non-hydrogen) atoms. The van der Waals surface area contributed by atoms with E-state index in [1.54, 1.807) is 18.0 Å². The van der Waals surface area contributed by atoms with Gasteiger partial charge < -0.3 is 5.32 Å². The lowest BCUT2D eigenvalue weighted by Crippen LogP contribution is -1.95. The maximum absolute atomic E-state index is 4.36. The molecule has 0 aliphatic rings. The second kappa shape index (κ2) is 6.57. The number of anilines is 1. The van der Waals surface area contributed by atoms with E-state index in [0.29, 0.717) is 5.92 Å². The van der Waals surface area contributed by atoms with Gasteiger partial charge in [0.2, 0.25) is 0 Å². The Morgan fingerprint density at radius 2 is 1.84 bits per heavy atom. The standard InChI is InChI=1S/C15H19N3S/c1-11(2)12-4-6-14(7-5-12)19-10-13-8-18-15(16-3)9-17-13/h4-9,11H,10H2,1-3H3,(H,16,18). The van der Waals surface area contributed by atoms with Crippen molar-refractivity contribution < 1.29 is 0 Å². The van der Waals surface area contributed by atoms with Gasteiger partial charge in [-0.1, -0.05) is 26.0 Å². The number of benzene rings is 1. The van der Waals surface area contributed by atoms with Gasteiger partial charge in [0.05, 0.1) is 18.1 Å². The average Bonchev–Trinajstić information content (AvgIpc) is 2.46. The summed E-state index contributed by atoms with van der Waals surface area (Å²) >= 11 is 1.78. The van der Waals surface area contributed by atoms with Crippen molar-refractivity contribution >= 4 is 17.6 Å². The van der Waals surface area contributed by atoms with Crippen molar-refractivity contribution in [1.29, 1.82) is 0 Å². The molecular weight excluding hydrogens is 254 g/mol. The van der Waals surface area contributed by atoms with Gasteiger partial charge in [-0.25, -0.2) is 4.98 Å². The first-order valence-electron chi connectivity index (χ1n) is 6.40. The van der Waals surface area contributed by atoms with E-state index in [1.807, 2.05) is 13.2 Å². The summed E-state index contributed by atoms with van der Waals surface area (Å²) in [5, 5.41) is 2.96. The van der Waals surface area contributed by atoms with Crippen molar-refractivity contribution in [3.05, 3.63) is 47.9 Å². The summed E-state index contributed by atoms with van der Waals surface area (Å²) in [6.45, 7) is 4.42. The molecule has 2 aromatic rings. The van der Waals surface area contributed by atoms with Crippen molar-refractivity contribution in [1.82, 2.24) is 9.97 Å². The number of aromatic nitrogens is 2. The van der Waals surface area contributed by atoms with Gasteiger partial charge in [-0.2, -0.15) is 0 Å². The molecule has 1 aromatic carbocycles. The van der Waals surface area contributed by atoms with Crippen LogP contribution in [0, 0.1) is 0 Å². The molecule has 0 bridgehead atoms. The molecule has 0 spiro atoms. The Balaban J connectivity index is 1.94. The van der Waals surface area contributed by atoms with E-state index in [1.165, 1.54) is 10.5 Å². The van der Waals surface area contributed by atoms with Crippen molar-refractivity contribution in [3.8, 4) is 0 Å². The first-order valence-corrected chi connectivity index (χ1v) is 7.39. The Hall–Kier alpha value is -1.55. The van der Waals surface area contributed by atoms with Crippen LogP contribution in [-0.4, -0.2) is 17.0 Å². The van der Waals surface area contributed by atoms with Gasteiger partial charge in [0, 0.05) is 17.7 Å². The topological polar surface area (TPSA) is 37.8 Å². The summed E-state index contributed by atoms with van der Waals surface area (Å²) in [4.78, 5) is 9.89. The van der Waals surface area contributed by atoms with Crippen LogP contribution in [-0.2, 0) is 5.75 Å². The highest BCUT2D eigenvalue weighted by molar-refractivity contribution is 7.98. The summed E-state index contributed by atoms with van der Waals surface area (Å²) in [5.74, 6) is 2.23. The first-order chi connectivity index (χ1) is 9.19. The number of hydrogen-bond donors (Lipinski definition) is 1. The highest BCUT2D eigenvalue weighted by Crippen LogP contribution is 2.24. The molecular formula is C15H19N3S. The molecule has 0 atom stereocenters. The van der Waals surface area contributed by atoms with Crippen LogP contribution in [0.5, 0.6) is 0 Å². The van der Waals surface area contributed by atoms with Crippen LogP contribution in [0.1, 0.15) is 31.0 Å². The minimum absolute atomic E-state index is 0.582. The average molecular weight is 273 g/mol. The predicted octanol–water partition coefficient (Wildman–Crippen LogP) is 3.93. The lowest BCUT2D eigenvalue weighted by molar-refractivity contribution is 0.865. The fourth-order valence-corrected chi connectivity index (χ4v) is 2.46. The smallest absolute Gasteiger partial charge is 0.144 e. The van der Waals surface area contributed by atoms with E-state index in [2.05, 4.69) is 53.4 Å². The predicted molar refractivity (Wildman–Crippen MR) is 81.7 cm³/mol. The zero-order valence-corrected chi connectivity index (χ0v) is 12.4. The third-order valence-electron chi connectivity index (χ3n) is 2.89. The summed E-state index contributed by atoms with van der Waals surface area (Å²) in [6.07, 6.45) is 3.58. The molecule has 4 heteroatoms. The van der Waals surface area contributed by atoms with Crippen LogP contribution < -0.4 is 5.32 Å². The van der Waals surface area contributed by atoms with Crippen LogP contribution in [0.25, 0.3) is 0 Å². The van der Waals surface area contributed by atoms with Gasteiger partial charge >= 0.3 is 0 Å². The zero-order valence-electron chi connectivity index (χ0n) is 11.6. The normalized spacial score (nSPS) is 10.7. The third-order valence-corrected chi connectivity index (χ3v) is 3.94. The second-order valence-electron chi connectivity index (χ2n) is 4.66. The largest absolute Gasteiger partial charge is 0.372 e. The van der Waals surface area contributed by atoms with Gasteiger partial charge in [-0.15, -0.1) is 11.8 Å². The molecule has 0 amide bonds. The minimum Gasteiger partial charge on any atom is -0.372 e. The number of nitrogens with one attached hydrogen (secondary N) is 1. The molecule has 0 fully saturated rings. The lowest BCUT2D eigenvalue weighted by atomic mass is 10.0. The van der Waals surface area contributed by atoms with Gasteiger partial charge in [0.1, 0.15) is 5.82 Å². The van der Waals surface area contributed by atoms with E-state index < -0.39 is 0 Å². The molecule has 1 heterocycles. The molecule has 1 aromatic heterocycles. The van der Waals surface area contributed by atoms with Crippen LogP contribution in [0.4, 0.5) is 5.82 Å². The maximum atomic E-state index is 4.36. The molecule has 0 aliphatic carbocycles. The Bertz CT molecular complexity index is 506. The van der Waals surface area contributed by atoms with Crippen LogP contribution in [0.15, 0.2) is 41.6 Å². The highest BCUT2D eigenvalue weighted by atomic mass is 32.2. The number of nitrogens with zero attached hydrogens (tertiary/aromatic N) is 2. The lowest BCUT2D eigenvalue weighted by Gasteiger charge is -2.06. The molecule has 1 N–H and O–H groups in total. The van der Waals surface area contributed by atoms with Crippen LogP contribution in [0.3, 0.4) is 0 Å². The first kappa shape index (κ1) is 13.9. The van der Waals surface area contributed by atoms with Crippen molar-refractivity contribution in [2.75, 3.05) is 12.4 Å². The third kappa shape index (κ3) is 3.96. The zero-order chi connectivity index (χ0) is 13.7. The molecule has 3 nitrogen and oxygen atoms in total. The van der Waals surface area contributed by atoms with E-state index >= 15 is 0 Å². The molecule has 0 saturated heterocycles. The van der Waals surface area contributed by atoms with Gasteiger partial charge in [-0.05, 0) is 23.6 Å². The summed E-state index contributed by atoms with van der Waals surface area (Å²) in [5.41, 5.74) is 2.37. The molecule has 0 saturated carbocycles. The number of rotatable bonds is 5. The Morgan fingerprint density at radius 1 is 1.11 bits per heavy atom. The van der Waals surface area contributed by atoms with Crippen molar-refractivity contribution in [2.45, 2.75) is 30.4 Å². The van der Waals surface area contributed by atoms with Crippen molar-refractivity contribution in [3.63, 3.8) is 0 Å². The maximum Gasteiger partial charge on any atom is 0.144 e. The van der Waals surface area contributed by atoms with E-state index in [9.17, 15) is 0 Å². The van der Waals surface area contributed by atoms with Crippen molar-refractivity contribution in [2.24, 2.45) is 0 Å². The fraction of sp³-hybridized carbons (Fsp3) is 0.333. The molecule has 0 radical (unpaired) electrons. The fourth-order valence-electron chi connectivity index (χ4n) is 1.66. The quantitative estimate of drug-likeness (QED) is 0.838. The monoisotopic (exact) mass is 273 g/mol. The molecule has 100 valence electrons. The number of thioether (sulfide) groups is 1. The van der Waals surface area contributed by atoms with E-state index in [4.69, 9.17) is 0 Å². The molecule has 0 unspecified atom stereocenters. The second-order valence-corrected chi connectivity index (χ2v) is 5.70. The molecule has 2 rings (SSSR count). The Kier molecular flexibility index (Phi) is 4.80. The van der Waals surface area contributed by atoms with E-state index in [0.717, 1.165) is 17.3 Å². The molecule has 0 aliphatic heterocycles. The Labute approximate surface area is 118 Å². The van der Waals surface area contributed by atoms with E-state index in [-0.39, 0.29) is 0 Å². The van der Waals surface area contributed by atoms with Crippen LogP contribution >= 0.6 is 11.8 Å². The highest BCUT2D eigenvalue weighted by Gasteiger charge is 2.01. The summed E-state index contributed by atoms with van der Waals surface area (Å²) in [7, 11) is 1.84. The van der Waals surface area contributed by atoms with Gasteiger partial charge in [-0.3, -0.25) is 4.98 Å². The van der Waals surface area contributed by atoms with Gasteiger partial charge in [0.25, 0.3) is 0 Å². The summed E-state index contributed by atoms with van der Waals surface area (Å²) < 4.78 is 0. The van der Waals surface area contributed by atoms with Gasteiger partial charge in [0.15, 0.2) is 0 Å². The minimum atomic E-state index is 0.582. The number of hydrogen-bond acceptors (Lipinski definition) is 4. The Morgan fingerprint density at radius 3 is 2.37 bits per heavy atom. The SMILES string of the molecule is CNc1cnc(CSc2ccc(C(C)C)cc2)cn1. The van der Waals surface area contributed by atoms with Crippen LogP contribution in [0.2, 0.25) is 0 Å².